The molecule has 0 atom stereocenters. The largest absolute Gasteiger partial charge is 0.483 e. The van der Waals surface area contributed by atoms with Crippen molar-refractivity contribution in [2.75, 3.05) is 11.9 Å². The Morgan fingerprint density at radius 1 is 1.15 bits per heavy atom. The Hall–Kier alpha value is -2.43. The van der Waals surface area contributed by atoms with Gasteiger partial charge in [0.1, 0.15) is 12.1 Å². The molecule has 0 saturated carbocycles. The third-order valence-electron chi connectivity index (χ3n) is 2.28. The number of carboxylic acid groups (broad SMARTS) is 1. The minimum absolute atomic E-state index is 0.250. The molecule has 5 heteroatoms. The summed E-state index contributed by atoms with van der Waals surface area (Å²) in [6.45, 7) is 5.71. The van der Waals surface area contributed by atoms with E-state index in [-0.39, 0.29) is 6.47 Å². The Kier molecular flexibility index (Phi) is 9.21. The Bertz CT molecular complexity index is 489. The number of carbonyl (C=O) groups is 1. The number of benzene rings is 1. The molecule has 0 aliphatic carbocycles. The fourth-order valence-electron chi connectivity index (χ4n) is 1.41. The molecule has 1 aromatic carbocycles. The number of rotatable bonds is 2. The second-order valence-corrected chi connectivity index (χ2v) is 3.52. The van der Waals surface area contributed by atoms with Gasteiger partial charge in [-0.1, -0.05) is 32.0 Å². The summed E-state index contributed by atoms with van der Waals surface area (Å²) in [5.74, 6) is 0.911. The third-order valence-corrected chi connectivity index (χ3v) is 2.28. The molecule has 0 amide bonds. The summed E-state index contributed by atoms with van der Waals surface area (Å²) in [7, 11) is 2.00. The molecule has 108 valence electrons. The lowest BCUT2D eigenvalue weighted by atomic mass is 10.3. The number of aryl methyl sites for hydroxylation is 1. The Balaban J connectivity index is 0.000000641. The fraction of sp³-hybridized carbons (Fsp3) is 0.267. The smallest absolute Gasteiger partial charge is 0.290 e. The second kappa shape index (κ2) is 10.5. The molecule has 0 saturated heterocycles. The molecule has 0 fully saturated rings. The summed E-state index contributed by atoms with van der Waals surface area (Å²) in [6, 6.07) is 12.1. The van der Waals surface area contributed by atoms with Crippen LogP contribution in [0.4, 0.5) is 11.5 Å². The molecule has 1 aromatic heterocycles. The predicted molar refractivity (Wildman–Crippen MR) is 81.3 cm³/mol. The summed E-state index contributed by atoms with van der Waals surface area (Å²) < 4.78 is 0. The van der Waals surface area contributed by atoms with Crippen LogP contribution in [-0.2, 0) is 4.79 Å². The van der Waals surface area contributed by atoms with Crippen molar-refractivity contribution in [3.05, 3.63) is 48.4 Å². The van der Waals surface area contributed by atoms with Crippen molar-refractivity contribution >= 4 is 18.0 Å². The molecule has 1 N–H and O–H groups in total. The van der Waals surface area contributed by atoms with Gasteiger partial charge in [0.05, 0.1) is 0 Å². The second-order valence-electron chi connectivity index (χ2n) is 3.52. The van der Waals surface area contributed by atoms with Crippen LogP contribution in [-0.4, -0.2) is 28.6 Å². The first-order valence-corrected chi connectivity index (χ1v) is 6.34. The number of aromatic nitrogens is 2. The van der Waals surface area contributed by atoms with Crippen LogP contribution >= 0.6 is 0 Å². The van der Waals surface area contributed by atoms with Crippen LogP contribution in [0.25, 0.3) is 0 Å². The summed E-state index contributed by atoms with van der Waals surface area (Å²) in [5, 5.41) is 6.89. The summed E-state index contributed by atoms with van der Waals surface area (Å²) >= 11 is 0. The third kappa shape index (κ3) is 5.95. The van der Waals surface area contributed by atoms with Gasteiger partial charge >= 0.3 is 0 Å². The molecule has 5 nitrogen and oxygen atoms in total. The first kappa shape index (κ1) is 17.6. The van der Waals surface area contributed by atoms with E-state index in [1.165, 1.54) is 0 Å². The quantitative estimate of drug-likeness (QED) is 0.852. The van der Waals surface area contributed by atoms with Crippen LogP contribution in [0.5, 0.6) is 0 Å². The number of anilines is 2. The lowest BCUT2D eigenvalue weighted by molar-refractivity contribution is -0.122. The Morgan fingerprint density at radius 3 is 2.20 bits per heavy atom. The van der Waals surface area contributed by atoms with Crippen molar-refractivity contribution < 1.29 is 9.90 Å². The highest BCUT2D eigenvalue weighted by molar-refractivity contribution is 5.58. The molecule has 1 heterocycles. The monoisotopic (exact) mass is 275 g/mol. The van der Waals surface area contributed by atoms with Crippen LogP contribution in [0.15, 0.2) is 42.7 Å². The van der Waals surface area contributed by atoms with E-state index < -0.39 is 0 Å². The van der Waals surface area contributed by atoms with Crippen LogP contribution in [0.2, 0.25) is 0 Å². The predicted octanol–water partition coefficient (Wildman–Crippen LogP) is 3.28. The number of hydrogen-bond acceptors (Lipinski definition) is 4. The average Bonchev–Trinajstić information content (AvgIpc) is 2.50. The van der Waals surface area contributed by atoms with E-state index in [9.17, 15) is 0 Å². The van der Waals surface area contributed by atoms with Crippen molar-refractivity contribution in [3.8, 4) is 0 Å². The van der Waals surface area contributed by atoms with E-state index >= 15 is 0 Å². The van der Waals surface area contributed by atoms with Crippen molar-refractivity contribution in [2.45, 2.75) is 20.8 Å². The maximum absolute atomic E-state index is 8.36. The minimum atomic E-state index is -0.250. The summed E-state index contributed by atoms with van der Waals surface area (Å²) in [5.41, 5.74) is 2.10. The zero-order chi connectivity index (χ0) is 15.4. The molecule has 0 spiro atoms. The van der Waals surface area contributed by atoms with Gasteiger partial charge in [-0.25, -0.2) is 9.97 Å². The highest BCUT2D eigenvalue weighted by atomic mass is 16.3. The maximum Gasteiger partial charge on any atom is 0.290 e. The molecular formula is C15H21N3O2. The molecule has 0 aliphatic rings. The van der Waals surface area contributed by atoms with Gasteiger partial charge < -0.3 is 10.0 Å². The number of hydrogen-bond donors (Lipinski definition) is 1. The molecule has 0 bridgehead atoms. The van der Waals surface area contributed by atoms with Crippen molar-refractivity contribution in [2.24, 2.45) is 0 Å². The topological polar surface area (TPSA) is 66.3 Å². The van der Waals surface area contributed by atoms with Gasteiger partial charge in [-0.15, -0.1) is 0 Å². The lowest BCUT2D eigenvalue weighted by Gasteiger charge is -2.17. The van der Waals surface area contributed by atoms with Crippen LogP contribution in [0.3, 0.4) is 0 Å². The van der Waals surface area contributed by atoms with Gasteiger partial charge in [0.25, 0.3) is 6.47 Å². The molecule has 2 rings (SSSR count). The summed E-state index contributed by atoms with van der Waals surface area (Å²) in [4.78, 5) is 18.7. The molecule has 0 unspecified atom stereocenters. The van der Waals surface area contributed by atoms with E-state index in [2.05, 4.69) is 22.1 Å². The van der Waals surface area contributed by atoms with E-state index in [0.717, 1.165) is 17.2 Å². The van der Waals surface area contributed by atoms with Crippen LogP contribution in [0.1, 0.15) is 19.5 Å². The maximum atomic E-state index is 8.36. The molecular weight excluding hydrogens is 254 g/mol. The first-order valence-electron chi connectivity index (χ1n) is 6.34. The van der Waals surface area contributed by atoms with Gasteiger partial charge in [0, 0.05) is 24.5 Å². The Morgan fingerprint density at radius 2 is 1.70 bits per heavy atom. The van der Waals surface area contributed by atoms with Gasteiger partial charge in [-0.05, 0) is 19.1 Å². The van der Waals surface area contributed by atoms with Gasteiger partial charge in [-0.3, -0.25) is 4.79 Å². The zero-order valence-corrected chi connectivity index (χ0v) is 12.3. The van der Waals surface area contributed by atoms with Crippen LogP contribution in [0, 0.1) is 6.92 Å². The van der Waals surface area contributed by atoms with Gasteiger partial charge in [-0.2, -0.15) is 0 Å². The highest BCUT2D eigenvalue weighted by Crippen LogP contribution is 2.20. The number of para-hydroxylation sites is 1. The van der Waals surface area contributed by atoms with E-state index in [0.29, 0.717) is 0 Å². The lowest BCUT2D eigenvalue weighted by Crippen LogP contribution is -2.11. The van der Waals surface area contributed by atoms with E-state index in [1.54, 1.807) is 6.33 Å². The van der Waals surface area contributed by atoms with Gasteiger partial charge in [0.15, 0.2) is 0 Å². The van der Waals surface area contributed by atoms with Crippen molar-refractivity contribution in [1.82, 2.24) is 9.97 Å². The number of nitrogens with zero attached hydrogens (tertiary/aromatic N) is 3. The molecule has 0 aliphatic heterocycles. The Labute approximate surface area is 119 Å². The van der Waals surface area contributed by atoms with Crippen LogP contribution < -0.4 is 4.90 Å². The zero-order valence-electron chi connectivity index (χ0n) is 12.3. The molecule has 20 heavy (non-hydrogen) atoms. The SMILES string of the molecule is CC.Cc1cc(N(C)c2ccccc2)ncn1.O=CO. The molecule has 0 radical (unpaired) electrons. The van der Waals surface area contributed by atoms with Gasteiger partial charge in [0.2, 0.25) is 0 Å². The summed E-state index contributed by atoms with van der Waals surface area (Å²) in [6.07, 6.45) is 1.59. The average molecular weight is 275 g/mol. The van der Waals surface area contributed by atoms with Crippen molar-refractivity contribution in [1.29, 1.82) is 0 Å². The standard InChI is InChI=1S/C12H13N3.C2H6.CH2O2/c1-10-8-12(14-9-13-10)15(2)11-6-4-3-5-7-11;1-2;2-1-3/h3-9H,1-2H3;1-2H3;1H,(H,2,3). The van der Waals surface area contributed by atoms with Crippen molar-refractivity contribution in [3.63, 3.8) is 0 Å². The van der Waals surface area contributed by atoms with E-state index in [1.807, 2.05) is 57.0 Å². The minimum Gasteiger partial charge on any atom is -0.483 e. The normalized spacial score (nSPS) is 8.40. The highest BCUT2D eigenvalue weighted by Gasteiger charge is 2.04. The first-order chi connectivity index (χ1) is 9.69. The fourth-order valence-corrected chi connectivity index (χ4v) is 1.41. The van der Waals surface area contributed by atoms with E-state index in [4.69, 9.17) is 9.90 Å². The molecule has 2 aromatic rings.